The van der Waals surface area contributed by atoms with E-state index in [4.69, 9.17) is 10.8 Å². The molecule has 0 amide bonds. The van der Waals surface area contributed by atoms with Crippen LogP contribution in [0.25, 0.3) is 0 Å². The number of nitrogens with zero attached hydrogens (tertiary/aromatic N) is 2. The van der Waals surface area contributed by atoms with E-state index in [-0.39, 0.29) is 6.04 Å². The first-order chi connectivity index (χ1) is 6.52. The van der Waals surface area contributed by atoms with Crippen LogP contribution in [0.3, 0.4) is 0 Å². The molecule has 1 fully saturated rings. The van der Waals surface area contributed by atoms with Crippen LogP contribution >= 0.6 is 0 Å². The summed E-state index contributed by atoms with van der Waals surface area (Å²) in [7, 11) is 2.07. The van der Waals surface area contributed by atoms with E-state index < -0.39 is 12.0 Å². The fourth-order valence-corrected chi connectivity index (χ4v) is 1.66. The monoisotopic (exact) mass is 201 g/mol. The Morgan fingerprint density at radius 2 is 1.86 bits per heavy atom. The number of carbonyl (C=O) groups is 1. The lowest BCUT2D eigenvalue weighted by Crippen LogP contribution is -2.55. The van der Waals surface area contributed by atoms with E-state index in [1.54, 1.807) is 0 Å². The molecule has 82 valence electrons. The van der Waals surface area contributed by atoms with E-state index in [1.165, 1.54) is 0 Å². The third kappa shape index (κ3) is 2.67. The van der Waals surface area contributed by atoms with Crippen LogP contribution in [0.15, 0.2) is 0 Å². The van der Waals surface area contributed by atoms with Crippen molar-refractivity contribution in [3.8, 4) is 0 Å². The summed E-state index contributed by atoms with van der Waals surface area (Å²) < 4.78 is 0. The summed E-state index contributed by atoms with van der Waals surface area (Å²) in [6.07, 6.45) is 0. The molecule has 1 aliphatic rings. The molecule has 0 aromatic carbocycles. The fourth-order valence-electron chi connectivity index (χ4n) is 1.66. The van der Waals surface area contributed by atoms with Crippen LogP contribution in [0.5, 0.6) is 0 Å². The van der Waals surface area contributed by atoms with Gasteiger partial charge in [-0.1, -0.05) is 0 Å². The van der Waals surface area contributed by atoms with E-state index in [1.807, 2.05) is 6.92 Å². The van der Waals surface area contributed by atoms with Gasteiger partial charge in [-0.2, -0.15) is 0 Å². The third-order valence-electron chi connectivity index (χ3n) is 2.92. The van der Waals surface area contributed by atoms with Gasteiger partial charge in [-0.05, 0) is 14.0 Å². The molecule has 0 aromatic heterocycles. The zero-order chi connectivity index (χ0) is 10.7. The molecule has 2 unspecified atom stereocenters. The molecule has 1 heterocycles. The molecule has 1 rings (SSSR count). The average molecular weight is 201 g/mol. The van der Waals surface area contributed by atoms with E-state index in [0.717, 1.165) is 26.2 Å². The molecular weight excluding hydrogens is 182 g/mol. The van der Waals surface area contributed by atoms with Gasteiger partial charge in [0, 0.05) is 32.2 Å². The van der Waals surface area contributed by atoms with E-state index in [2.05, 4.69) is 16.8 Å². The van der Waals surface area contributed by atoms with Crippen LogP contribution in [0.4, 0.5) is 0 Å². The largest absolute Gasteiger partial charge is 0.480 e. The SMILES string of the molecule is CC(C(N)C(=O)O)N1CCN(C)CC1. The maximum absolute atomic E-state index is 10.7. The standard InChI is InChI=1S/C9H19N3O2/c1-7(8(10)9(13)14)12-5-3-11(2)4-6-12/h7-8H,3-6,10H2,1-2H3,(H,13,14). The number of aliphatic carboxylic acids is 1. The number of hydrogen-bond acceptors (Lipinski definition) is 4. The van der Waals surface area contributed by atoms with Gasteiger partial charge in [-0.25, -0.2) is 0 Å². The second-order valence-electron chi connectivity index (χ2n) is 3.94. The van der Waals surface area contributed by atoms with Crippen molar-refractivity contribution in [2.45, 2.75) is 19.0 Å². The number of carboxylic acid groups (broad SMARTS) is 1. The Hall–Kier alpha value is -0.650. The summed E-state index contributed by atoms with van der Waals surface area (Å²) in [6.45, 7) is 5.65. The second kappa shape index (κ2) is 4.72. The summed E-state index contributed by atoms with van der Waals surface area (Å²) in [5.74, 6) is -0.920. The summed E-state index contributed by atoms with van der Waals surface area (Å²) in [6, 6.07) is -0.861. The number of rotatable bonds is 3. The quantitative estimate of drug-likeness (QED) is 0.615. The summed E-state index contributed by atoms with van der Waals surface area (Å²) in [5, 5.41) is 8.77. The average Bonchev–Trinajstić information content (AvgIpc) is 2.16. The Morgan fingerprint density at radius 3 is 2.29 bits per heavy atom. The van der Waals surface area contributed by atoms with Crippen LogP contribution < -0.4 is 5.73 Å². The first-order valence-corrected chi connectivity index (χ1v) is 4.93. The predicted octanol–water partition coefficient (Wildman–Crippen LogP) is -0.966. The molecule has 5 heteroatoms. The minimum atomic E-state index is -0.920. The molecule has 0 spiro atoms. The van der Waals surface area contributed by atoms with Gasteiger partial charge in [0.05, 0.1) is 0 Å². The lowest BCUT2D eigenvalue weighted by atomic mass is 10.1. The third-order valence-corrected chi connectivity index (χ3v) is 2.92. The Kier molecular flexibility index (Phi) is 3.86. The summed E-state index contributed by atoms with van der Waals surface area (Å²) in [4.78, 5) is 15.1. The number of hydrogen-bond donors (Lipinski definition) is 2. The van der Waals surface area contributed by atoms with Crippen LogP contribution in [0.1, 0.15) is 6.92 Å². The van der Waals surface area contributed by atoms with E-state index in [9.17, 15) is 4.79 Å². The number of carboxylic acids is 1. The minimum absolute atomic E-state index is 0.0822. The van der Waals surface area contributed by atoms with Crippen molar-refractivity contribution in [1.82, 2.24) is 9.80 Å². The Morgan fingerprint density at radius 1 is 1.36 bits per heavy atom. The molecule has 14 heavy (non-hydrogen) atoms. The maximum atomic E-state index is 10.7. The molecule has 1 saturated heterocycles. The van der Waals surface area contributed by atoms with E-state index >= 15 is 0 Å². The van der Waals surface area contributed by atoms with Gasteiger partial charge in [-0.15, -0.1) is 0 Å². The molecule has 0 aromatic rings. The van der Waals surface area contributed by atoms with Gasteiger partial charge in [-0.3, -0.25) is 9.69 Å². The Balaban J connectivity index is 2.45. The highest BCUT2D eigenvalue weighted by molar-refractivity contribution is 5.74. The lowest BCUT2D eigenvalue weighted by Gasteiger charge is -2.37. The maximum Gasteiger partial charge on any atom is 0.322 e. The van der Waals surface area contributed by atoms with E-state index in [0.29, 0.717) is 0 Å². The topological polar surface area (TPSA) is 69.8 Å². The highest BCUT2D eigenvalue weighted by Crippen LogP contribution is 2.07. The highest BCUT2D eigenvalue weighted by Gasteiger charge is 2.27. The van der Waals surface area contributed by atoms with Crippen LogP contribution in [0.2, 0.25) is 0 Å². The molecule has 5 nitrogen and oxygen atoms in total. The zero-order valence-electron chi connectivity index (χ0n) is 8.81. The van der Waals surface area contributed by atoms with Gasteiger partial charge < -0.3 is 15.7 Å². The van der Waals surface area contributed by atoms with Crippen molar-refractivity contribution in [1.29, 1.82) is 0 Å². The smallest absolute Gasteiger partial charge is 0.322 e. The van der Waals surface area contributed by atoms with Crippen molar-refractivity contribution >= 4 is 5.97 Å². The molecule has 0 saturated carbocycles. The summed E-state index contributed by atoms with van der Waals surface area (Å²) in [5.41, 5.74) is 5.57. The first kappa shape index (κ1) is 11.4. The van der Waals surface area contributed by atoms with Crippen LogP contribution in [0, 0.1) is 0 Å². The highest BCUT2D eigenvalue weighted by atomic mass is 16.4. The van der Waals surface area contributed by atoms with Gasteiger partial charge >= 0.3 is 5.97 Å². The van der Waals surface area contributed by atoms with Crippen molar-refractivity contribution < 1.29 is 9.90 Å². The van der Waals surface area contributed by atoms with Crippen molar-refractivity contribution in [3.05, 3.63) is 0 Å². The Bertz CT molecular complexity index is 202. The first-order valence-electron chi connectivity index (χ1n) is 4.93. The second-order valence-corrected chi connectivity index (χ2v) is 3.94. The Labute approximate surface area is 84.5 Å². The molecule has 0 bridgehead atoms. The normalized spacial score (nSPS) is 24.5. The van der Waals surface area contributed by atoms with Gasteiger partial charge in [0.1, 0.15) is 6.04 Å². The molecule has 0 radical (unpaired) electrons. The van der Waals surface area contributed by atoms with Gasteiger partial charge in [0.2, 0.25) is 0 Å². The molecular formula is C9H19N3O2. The van der Waals surface area contributed by atoms with Crippen molar-refractivity contribution in [2.24, 2.45) is 5.73 Å². The number of nitrogens with two attached hydrogens (primary N) is 1. The number of likely N-dealkylation sites (N-methyl/N-ethyl adjacent to an activating group) is 1. The van der Waals surface area contributed by atoms with Crippen molar-refractivity contribution in [3.63, 3.8) is 0 Å². The van der Waals surface area contributed by atoms with Crippen LogP contribution in [-0.2, 0) is 4.79 Å². The number of piperazine rings is 1. The molecule has 2 atom stereocenters. The zero-order valence-corrected chi connectivity index (χ0v) is 8.81. The predicted molar refractivity (Wildman–Crippen MR) is 54.1 cm³/mol. The molecule has 3 N–H and O–H groups in total. The lowest BCUT2D eigenvalue weighted by molar-refractivity contribution is -0.140. The molecule has 0 aliphatic carbocycles. The fraction of sp³-hybridized carbons (Fsp3) is 0.889. The van der Waals surface area contributed by atoms with Crippen LogP contribution in [-0.4, -0.2) is 66.2 Å². The minimum Gasteiger partial charge on any atom is -0.480 e. The van der Waals surface area contributed by atoms with Gasteiger partial charge in [0.25, 0.3) is 0 Å². The molecule has 1 aliphatic heterocycles. The summed E-state index contributed by atoms with van der Waals surface area (Å²) >= 11 is 0. The van der Waals surface area contributed by atoms with Crippen molar-refractivity contribution in [2.75, 3.05) is 33.2 Å². The van der Waals surface area contributed by atoms with Gasteiger partial charge in [0.15, 0.2) is 0 Å².